The van der Waals surface area contributed by atoms with Gasteiger partial charge in [0.1, 0.15) is 47.2 Å². The second kappa shape index (κ2) is 29.4. The lowest BCUT2D eigenvalue weighted by molar-refractivity contribution is -0.132. The molecule has 0 heterocycles. The second-order valence-corrected chi connectivity index (χ2v) is 10.9. The minimum atomic E-state index is -1.11. The molecule has 3 rings (SSSR count). The maximum Gasteiger partial charge on any atom is 0.341 e. The van der Waals surface area contributed by atoms with Crippen LogP contribution in [0.15, 0.2) is 72.8 Å². The van der Waals surface area contributed by atoms with Crippen molar-refractivity contribution in [3.8, 4) is 17.2 Å². The molecule has 3 aromatic rings. The Labute approximate surface area is 334 Å². The number of rotatable bonds is 16. The molecule has 0 unspecified atom stereocenters. The van der Waals surface area contributed by atoms with Gasteiger partial charge in [-0.3, -0.25) is 14.4 Å². The molecular weight excluding hydrogens is 759 g/mol. The van der Waals surface area contributed by atoms with E-state index in [9.17, 15) is 28.8 Å². The summed E-state index contributed by atoms with van der Waals surface area (Å²) in [5, 5.41) is 8.69. The highest BCUT2D eigenvalue weighted by Gasteiger charge is 2.16. The Bertz CT molecular complexity index is 1560. The number of halogens is 2. The number of ether oxygens (including phenoxy) is 5. The van der Waals surface area contributed by atoms with Crippen molar-refractivity contribution in [2.75, 3.05) is 52.5 Å². The van der Waals surface area contributed by atoms with Gasteiger partial charge >= 0.3 is 35.8 Å². The standard InChI is InChI=1S/2C15H21NO4.C9H8O4.2ClH/c2*1-4-16(5-2)10-11-19-15(18)13-8-6-7-9-14(13)20-12(3)17;1-6(10)13-8-5-3-2-4-7(8)9(11)12;;/h2*6-9H,4-5,10-11H2,1-3H3;2-5H,1H3,(H,11,12);2*1H/p-1. The molecule has 3 aromatic carbocycles. The highest BCUT2D eigenvalue weighted by Crippen LogP contribution is 2.20. The summed E-state index contributed by atoms with van der Waals surface area (Å²) < 4.78 is 25.1. The number of carboxylic acids is 1. The molecule has 55 heavy (non-hydrogen) atoms. The van der Waals surface area contributed by atoms with Crippen LogP contribution in [0, 0.1) is 0 Å². The van der Waals surface area contributed by atoms with Gasteiger partial charge in [0, 0.05) is 33.9 Å². The smallest absolute Gasteiger partial charge is 0.341 e. The highest BCUT2D eigenvalue weighted by atomic mass is 35.5. The Balaban J connectivity index is 0. The number of esters is 5. The van der Waals surface area contributed by atoms with Gasteiger partial charge in [-0.05, 0) is 62.6 Å². The van der Waals surface area contributed by atoms with Gasteiger partial charge in [0.05, 0.1) is 0 Å². The average molecular weight is 811 g/mol. The van der Waals surface area contributed by atoms with Crippen LogP contribution in [-0.4, -0.2) is 103 Å². The normalized spacial score (nSPS) is 9.76. The van der Waals surface area contributed by atoms with Crippen LogP contribution in [0.4, 0.5) is 0 Å². The molecule has 1 N–H and O–H groups in total. The van der Waals surface area contributed by atoms with E-state index in [0.717, 1.165) is 26.2 Å². The molecule has 304 valence electrons. The first kappa shape index (κ1) is 52.1. The molecule has 0 aromatic heterocycles. The lowest BCUT2D eigenvalue weighted by Gasteiger charge is -2.17. The SMILES string of the molecule is CC(=O)Oc1ccccc1C(=O)O.CCN(CC)CCOC(=O)c1ccccc1OC(C)=O.CCN(CC)CCOC(=O)c1ccccc1OC(C)=O.Cl.[Cl-]. The first-order valence-electron chi connectivity index (χ1n) is 17.1. The lowest BCUT2D eigenvalue weighted by atomic mass is 10.2. The van der Waals surface area contributed by atoms with Gasteiger partial charge in [-0.15, -0.1) is 12.4 Å². The van der Waals surface area contributed by atoms with E-state index in [1.165, 1.54) is 32.9 Å². The summed E-state index contributed by atoms with van der Waals surface area (Å²) >= 11 is 0. The van der Waals surface area contributed by atoms with Gasteiger partial charge in [-0.25, -0.2) is 14.4 Å². The molecule has 0 spiro atoms. The topological polar surface area (TPSA) is 175 Å². The van der Waals surface area contributed by atoms with Crippen LogP contribution in [0.3, 0.4) is 0 Å². The van der Waals surface area contributed by atoms with E-state index in [0.29, 0.717) is 26.3 Å². The third kappa shape index (κ3) is 20.9. The molecular formula is C39H51Cl2N2O12-. The van der Waals surface area contributed by atoms with Crippen LogP contribution in [0.5, 0.6) is 17.2 Å². The van der Waals surface area contributed by atoms with E-state index in [4.69, 9.17) is 24.1 Å². The van der Waals surface area contributed by atoms with Crippen molar-refractivity contribution >= 4 is 48.2 Å². The van der Waals surface area contributed by atoms with Crippen LogP contribution < -0.4 is 26.6 Å². The van der Waals surface area contributed by atoms with Crippen molar-refractivity contribution in [2.45, 2.75) is 48.5 Å². The van der Waals surface area contributed by atoms with Crippen molar-refractivity contribution in [1.29, 1.82) is 0 Å². The Morgan fingerprint density at radius 1 is 0.509 bits per heavy atom. The monoisotopic (exact) mass is 809 g/mol. The van der Waals surface area contributed by atoms with Crippen LogP contribution in [0.2, 0.25) is 0 Å². The van der Waals surface area contributed by atoms with Crippen LogP contribution in [-0.2, 0) is 23.9 Å². The number of hydrogen-bond acceptors (Lipinski definition) is 13. The van der Waals surface area contributed by atoms with Gasteiger partial charge < -0.3 is 51.0 Å². The quantitative estimate of drug-likeness (QED) is 0.165. The number of hydrogen-bond donors (Lipinski definition) is 1. The number of carbonyl (C=O) groups excluding carboxylic acids is 5. The third-order valence-electron chi connectivity index (χ3n) is 7.16. The Hall–Kier alpha value is -5.02. The molecule has 0 saturated carbocycles. The summed E-state index contributed by atoms with van der Waals surface area (Å²) in [6.45, 7) is 17.7. The van der Waals surface area contributed by atoms with E-state index >= 15 is 0 Å². The first-order valence-corrected chi connectivity index (χ1v) is 17.1. The molecule has 0 fully saturated rings. The van der Waals surface area contributed by atoms with E-state index < -0.39 is 35.8 Å². The first-order chi connectivity index (χ1) is 25.3. The maximum atomic E-state index is 12.0. The molecule has 0 aliphatic carbocycles. The number of aromatic carboxylic acids is 1. The zero-order valence-electron chi connectivity index (χ0n) is 32.2. The van der Waals surface area contributed by atoms with Crippen molar-refractivity contribution < 1.29 is 70.0 Å². The van der Waals surface area contributed by atoms with Crippen molar-refractivity contribution in [2.24, 2.45) is 0 Å². The summed E-state index contributed by atoms with van der Waals surface area (Å²) in [7, 11) is 0. The maximum absolute atomic E-state index is 12.0. The van der Waals surface area contributed by atoms with Gasteiger partial charge in [0.15, 0.2) is 0 Å². The minimum absolute atomic E-state index is 0. The molecule has 16 heteroatoms. The van der Waals surface area contributed by atoms with Crippen molar-refractivity contribution in [3.63, 3.8) is 0 Å². The molecule has 0 aliphatic rings. The molecule has 0 atom stereocenters. The number of benzene rings is 3. The van der Waals surface area contributed by atoms with Crippen LogP contribution in [0.1, 0.15) is 79.5 Å². The molecule has 0 aliphatic heterocycles. The number of likely N-dealkylation sites (N-methyl/N-ethyl adjacent to an activating group) is 2. The third-order valence-corrected chi connectivity index (χ3v) is 7.16. The zero-order valence-corrected chi connectivity index (χ0v) is 33.8. The van der Waals surface area contributed by atoms with Crippen molar-refractivity contribution in [3.05, 3.63) is 89.5 Å². The average Bonchev–Trinajstić information content (AvgIpc) is 3.12. The highest BCUT2D eigenvalue weighted by molar-refractivity contribution is 5.94. The zero-order chi connectivity index (χ0) is 39.8. The summed E-state index contributed by atoms with van der Waals surface area (Å²) in [6.07, 6.45) is 0. The number of para-hydroxylation sites is 3. The predicted molar refractivity (Wildman–Crippen MR) is 204 cm³/mol. The fourth-order valence-electron chi connectivity index (χ4n) is 4.42. The second-order valence-electron chi connectivity index (χ2n) is 10.9. The van der Waals surface area contributed by atoms with E-state index in [2.05, 4.69) is 42.2 Å². The van der Waals surface area contributed by atoms with Crippen molar-refractivity contribution in [1.82, 2.24) is 9.80 Å². The summed E-state index contributed by atoms with van der Waals surface area (Å²) in [5.41, 5.74) is 0.516. The number of nitrogens with zero attached hydrogens (tertiary/aromatic N) is 2. The molecule has 0 saturated heterocycles. The van der Waals surface area contributed by atoms with Crippen LogP contribution in [0.25, 0.3) is 0 Å². The Kier molecular flexibility index (Phi) is 27.8. The molecule has 0 radical (unpaired) electrons. The molecule has 0 bridgehead atoms. The minimum Gasteiger partial charge on any atom is -1.00 e. The van der Waals surface area contributed by atoms with E-state index in [1.54, 1.807) is 60.7 Å². The number of carboxylic acid groups (broad SMARTS) is 1. The predicted octanol–water partition coefficient (Wildman–Crippen LogP) is 2.96. The summed E-state index contributed by atoms with van der Waals surface area (Å²) in [5.74, 6) is -3.00. The van der Waals surface area contributed by atoms with Gasteiger partial charge in [-0.2, -0.15) is 0 Å². The van der Waals surface area contributed by atoms with Gasteiger partial charge in [0.2, 0.25) is 0 Å². The number of carbonyl (C=O) groups is 6. The summed E-state index contributed by atoms with van der Waals surface area (Å²) in [4.78, 5) is 71.4. The molecule has 14 nitrogen and oxygen atoms in total. The Morgan fingerprint density at radius 2 is 0.782 bits per heavy atom. The molecule has 0 amide bonds. The largest absolute Gasteiger partial charge is 1.00 e. The van der Waals surface area contributed by atoms with Crippen LogP contribution >= 0.6 is 12.4 Å². The van der Waals surface area contributed by atoms with E-state index in [-0.39, 0.29) is 58.8 Å². The fourth-order valence-corrected chi connectivity index (χ4v) is 4.42. The lowest BCUT2D eigenvalue weighted by Crippen LogP contribution is -3.00. The van der Waals surface area contributed by atoms with Gasteiger partial charge in [-0.1, -0.05) is 64.1 Å². The van der Waals surface area contributed by atoms with E-state index in [1.807, 2.05) is 0 Å². The fraction of sp³-hybridized carbons (Fsp3) is 0.385. The summed E-state index contributed by atoms with van der Waals surface area (Å²) in [6, 6.07) is 19.1. The Morgan fingerprint density at radius 3 is 1.05 bits per heavy atom. The van der Waals surface area contributed by atoms with Gasteiger partial charge in [0.25, 0.3) is 0 Å².